The van der Waals surface area contributed by atoms with E-state index in [4.69, 9.17) is 4.74 Å². The number of carbonyl (C=O) groups is 1. The van der Waals surface area contributed by atoms with Gasteiger partial charge in [-0.2, -0.15) is 0 Å². The summed E-state index contributed by atoms with van der Waals surface area (Å²) in [7, 11) is 0. The van der Waals surface area contributed by atoms with Gasteiger partial charge in [-0.1, -0.05) is 95.7 Å². The van der Waals surface area contributed by atoms with E-state index in [-0.39, 0.29) is 5.97 Å². The summed E-state index contributed by atoms with van der Waals surface area (Å²) in [5.41, 5.74) is 4.32. The van der Waals surface area contributed by atoms with Gasteiger partial charge in [-0.25, -0.2) is 9.97 Å². The van der Waals surface area contributed by atoms with Crippen LogP contribution in [0, 0.1) is 5.92 Å². The van der Waals surface area contributed by atoms with Crippen LogP contribution >= 0.6 is 0 Å². The molecule has 35 heavy (non-hydrogen) atoms. The van der Waals surface area contributed by atoms with E-state index >= 15 is 0 Å². The van der Waals surface area contributed by atoms with Crippen molar-refractivity contribution in [2.24, 2.45) is 5.92 Å². The molecule has 0 bridgehead atoms. The molecule has 0 radical (unpaired) electrons. The van der Waals surface area contributed by atoms with Gasteiger partial charge in [-0.3, -0.25) is 4.79 Å². The summed E-state index contributed by atoms with van der Waals surface area (Å²) in [4.78, 5) is 21.3. The van der Waals surface area contributed by atoms with Crippen molar-refractivity contribution in [3.63, 3.8) is 0 Å². The van der Waals surface area contributed by atoms with E-state index < -0.39 is 0 Å². The molecule has 4 heteroatoms. The predicted octanol–water partition coefficient (Wildman–Crippen LogP) is 8.45. The van der Waals surface area contributed by atoms with Gasteiger partial charge in [0.1, 0.15) is 5.75 Å². The third-order valence-electron chi connectivity index (χ3n) is 6.63. The first-order chi connectivity index (χ1) is 17.1. The second-order valence-corrected chi connectivity index (χ2v) is 9.56. The maximum absolute atomic E-state index is 12.1. The number of esters is 1. The molecule has 0 fully saturated rings. The molecule has 3 rings (SSSR count). The van der Waals surface area contributed by atoms with Gasteiger partial charge < -0.3 is 4.74 Å². The van der Waals surface area contributed by atoms with Crippen LogP contribution in [0.3, 0.4) is 0 Å². The molecule has 1 atom stereocenters. The van der Waals surface area contributed by atoms with Crippen LogP contribution in [0.1, 0.15) is 84.1 Å². The lowest BCUT2D eigenvalue weighted by atomic mass is 10.0. The number of aryl methyl sites for hydroxylation is 1. The summed E-state index contributed by atoms with van der Waals surface area (Å²) in [6.07, 6.45) is 14.6. The van der Waals surface area contributed by atoms with Crippen LogP contribution < -0.4 is 4.74 Å². The number of rotatable bonds is 14. The van der Waals surface area contributed by atoms with Gasteiger partial charge in [0.05, 0.1) is 0 Å². The number of aromatic nitrogens is 2. The highest BCUT2D eigenvalue weighted by Crippen LogP contribution is 2.24. The van der Waals surface area contributed by atoms with Crippen molar-refractivity contribution in [3.05, 3.63) is 66.5 Å². The summed E-state index contributed by atoms with van der Waals surface area (Å²) in [6.45, 7) is 6.74. The average Bonchev–Trinajstić information content (AvgIpc) is 2.89. The van der Waals surface area contributed by atoms with E-state index in [2.05, 4.69) is 55.0 Å². The lowest BCUT2D eigenvalue weighted by Gasteiger charge is -2.08. The molecule has 1 unspecified atom stereocenters. The normalized spacial score (nSPS) is 11.9. The Kier molecular flexibility index (Phi) is 10.9. The molecule has 0 aliphatic carbocycles. The summed E-state index contributed by atoms with van der Waals surface area (Å²) in [5.74, 6) is 1.91. The van der Waals surface area contributed by atoms with Gasteiger partial charge in [0.15, 0.2) is 5.82 Å². The SMILES string of the molecule is CCCCCc1ccc(-c2ncc(-c3ccc(OC(=O)CCCCCC(C)CC)cc3)cn2)cc1. The fraction of sp³-hybridized carbons (Fsp3) is 0.452. The first kappa shape index (κ1) is 26.6. The van der Waals surface area contributed by atoms with Gasteiger partial charge in [-0.05, 0) is 48.4 Å². The van der Waals surface area contributed by atoms with E-state index in [1.807, 2.05) is 36.7 Å². The monoisotopic (exact) mass is 472 g/mol. The van der Waals surface area contributed by atoms with Crippen molar-refractivity contribution in [2.75, 3.05) is 0 Å². The lowest BCUT2D eigenvalue weighted by molar-refractivity contribution is -0.134. The van der Waals surface area contributed by atoms with Crippen LogP contribution in [-0.2, 0) is 11.2 Å². The Balaban J connectivity index is 1.48. The summed E-state index contributed by atoms with van der Waals surface area (Å²) in [6, 6.07) is 16.1. The number of carbonyl (C=O) groups excluding carboxylic acids is 1. The number of hydrogen-bond donors (Lipinski definition) is 0. The number of hydrogen-bond acceptors (Lipinski definition) is 4. The second-order valence-electron chi connectivity index (χ2n) is 9.56. The highest BCUT2D eigenvalue weighted by molar-refractivity contribution is 5.73. The highest BCUT2D eigenvalue weighted by atomic mass is 16.5. The molecule has 0 aliphatic heterocycles. The molecule has 4 nitrogen and oxygen atoms in total. The van der Waals surface area contributed by atoms with Crippen LogP contribution in [-0.4, -0.2) is 15.9 Å². The topological polar surface area (TPSA) is 52.1 Å². The zero-order valence-corrected chi connectivity index (χ0v) is 21.6. The van der Waals surface area contributed by atoms with Crippen molar-refractivity contribution in [2.45, 2.75) is 85.0 Å². The first-order valence-corrected chi connectivity index (χ1v) is 13.3. The average molecular weight is 473 g/mol. The molecule has 3 aromatic rings. The van der Waals surface area contributed by atoms with Crippen molar-refractivity contribution < 1.29 is 9.53 Å². The van der Waals surface area contributed by atoms with Crippen molar-refractivity contribution in [1.29, 1.82) is 0 Å². The van der Waals surface area contributed by atoms with E-state index in [0.717, 1.165) is 47.7 Å². The van der Waals surface area contributed by atoms with Gasteiger partial charge in [0, 0.05) is 29.9 Å². The zero-order chi connectivity index (χ0) is 24.9. The molecule has 1 aromatic heterocycles. The van der Waals surface area contributed by atoms with Crippen molar-refractivity contribution >= 4 is 5.97 Å². The second kappa shape index (κ2) is 14.4. The van der Waals surface area contributed by atoms with Gasteiger partial charge in [0.25, 0.3) is 0 Å². The Morgan fingerprint density at radius 3 is 2.14 bits per heavy atom. The minimum atomic E-state index is -0.162. The Labute approximate surface area is 211 Å². The minimum absolute atomic E-state index is 0.162. The molecule has 0 spiro atoms. The quantitative estimate of drug-likeness (QED) is 0.134. The molecule has 186 valence electrons. The Bertz CT molecular complexity index is 1010. The molecule has 0 amide bonds. The maximum Gasteiger partial charge on any atom is 0.311 e. The third-order valence-corrected chi connectivity index (χ3v) is 6.63. The smallest absolute Gasteiger partial charge is 0.311 e. The summed E-state index contributed by atoms with van der Waals surface area (Å²) >= 11 is 0. The molecule has 1 heterocycles. The Morgan fingerprint density at radius 2 is 1.49 bits per heavy atom. The van der Waals surface area contributed by atoms with Crippen molar-refractivity contribution in [1.82, 2.24) is 9.97 Å². The molecule has 0 saturated carbocycles. The Morgan fingerprint density at radius 1 is 0.800 bits per heavy atom. The molecule has 0 saturated heterocycles. The molecular weight excluding hydrogens is 432 g/mol. The first-order valence-electron chi connectivity index (χ1n) is 13.3. The van der Waals surface area contributed by atoms with Gasteiger partial charge in [-0.15, -0.1) is 0 Å². The highest BCUT2D eigenvalue weighted by Gasteiger charge is 2.08. The third kappa shape index (κ3) is 8.93. The van der Waals surface area contributed by atoms with Crippen molar-refractivity contribution in [3.8, 4) is 28.3 Å². The lowest BCUT2D eigenvalue weighted by Crippen LogP contribution is -2.07. The number of ether oxygens (including phenoxy) is 1. The van der Waals surface area contributed by atoms with Crippen LogP contribution in [0.2, 0.25) is 0 Å². The molecule has 2 aromatic carbocycles. The van der Waals surface area contributed by atoms with E-state index in [9.17, 15) is 4.79 Å². The summed E-state index contributed by atoms with van der Waals surface area (Å²) < 4.78 is 5.50. The van der Waals surface area contributed by atoms with E-state index in [0.29, 0.717) is 12.2 Å². The fourth-order valence-electron chi connectivity index (χ4n) is 4.07. The van der Waals surface area contributed by atoms with E-state index in [1.54, 1.807) is 0 Å². The summed E-state index contributed by atoms with van der Waals surface area (Å²) in [5, 5.41) is 0. The van der Waals surface area contributed by atoms with Gasteiger partial charge in [0.2, 0.25) is 0 Å². The maximum atomic E-state index is 12.1. The predicted molar refractivity (Wildman–Crippen MR) is 144 cm³/mol. The van der Waals surface area contributed by atoms with Crippen LogP contribution in [0.15, 0.2) is 60.9 Å². The minimum Gasteiger partial charge on any atom is -0.427 e. The molecule has 0 N–H and O–H groups in total. The molecule has 0 aliphatic rings. The Hall–Kier alpha value is -3.01. The van der Waals surface area contributed by atoms with E-state index in [1.165, 1.54) is 44.1 Å². The largest absolute Gasteiger partial charge is 0.427 e. The van der Waals surface area contributed by atoms with Crippen LogP contribution in [0.25, 0.3) is 22.5 Å². The number of nitrogens with zero attached hydrogens (tertiary/aromatic N) is 2. The van der Waals surface area contributed by atoms with Crippen LogP contribution in [0.4, 0.5) is 0 Å². The zero-order valence-electron chi connectivity index (χ0n) is 21.6. The fourth-order valence-corrected chi connectivity index (χ4v) is 4.07. The molecular formula is C31H40N2O2. The van der Waals surface area contributed by atoms with Crippen LogP contribution in [0.5, 0.6) is 5.75 Å². The number of unbranched alkanes of at least 4 members (excludes halogenated alkanes) is 4. The number of benzene rings is 2. The van der Waals surface area contributed by atoms with Gasteiger partial charge >= 0.3 is 5.97 Å². The standard InChI is InChI=1S/C31H40N2O2/c1-4-6-8-12-25-14-16-27(17-15-25)31-32-22-28(23-33-31)26-18-20-29(21-19-26)35-30(34)13-10-7-9-11-24(3)5-2/h14-24H,4-13H2,1-3H3.